The van der Waals surface area contributed by atoms with Crippen LogP contribution >= 0.6 is 11.3 Å². The number of amides is 1. The molecule has 3 heterocycles. The summed E-state index contributed by atoms with van der Waals surface area (Å²) in [5.74, 6) is 0.713. The van der Waals surface area contributed by atoms with Gasteiger partial charge in [0.2, 0.25) is 11.0 Å². The lowest BCUT2D eigenvalue weighted by Crippen LogP contribution is -2.24. The summed E-state index contributed by atoms with van der Waals surface area (Å²) in [5.41, 5.74) is 4.07. The second-order valence-electron chi connectivity index (χ2n) is 7.64. The number of rotatable bonds is 2. The number of para-hydroxylation sites is 1. The first-order valence-electron chi connectivity index (χ1n) is 9.91. The van der Waals surface area contributed by atoms with Gasteiger partial charge in [-0.25, -0.2) is 4.98 Å². The van der Waals surface area contributed by atoms with Crippen LogP contribution in [0.5, 0.6) is 0 Å². The molecule has 0 saturated heterocycles. The van der Waals surface area contributed by atoms with Gasteiger partial charge in [-0.3, -0.25) is 4.79 Å². The molecule has 0 saturated carbocycles. The Kier molecular flexibility index (Phi) is 3.76. The van der Waals surface area contributed by atoms with Crippen LogP contribution in [0.15, 0.2) is 66.7 Å². The van der Waals surface area contributed by atoms with E-state index in [-0.39, 0.29) is 11.8 Å². The highest BCUT2D eigenvalue weighted by Crippen LogP contribution is 2.41. The number of fused-ring (bicyclic) bond motifs is 3. The second kappa shape index (κ2) is 6.50. The monoisotopic (exact) mass is 410 g/mol. The van der Waals surface area contributed by atoms with E-state index in [1.165, 1.54) is 10.8 Å². The van der Waals surface area contributed by atoms with Crippen molar-refractivity contribution in [1.82, 2.24) is 14.8 Å². The molecule has 1 aliphatic heterocycles. The third-order valence-electron chi connectivity index (χ3n) is 5.74. The first-order chi connectivity index (χ1) is 14.7. The highest BCUT2D eigenvalue weighted by atomic mass is 32.1. The van der Waals surface area contributed by atoms with Crippen molar-refractivity contribution in [1.29, 1.82) is 0 Å². The molecule has 5 nitrogen and oxygen atoms in total. The Morgan fingerprint density at radius 3 is 2.70 bits per heavy atom. The van der Waals surface area contributed by atoms with Crippen molar-refractivity contribution in [2.45, 2.75) is 19.3 Å². The smallest absolute Gasteiger partial charge is 0.226 e. The average molecular weight is 411 g/mol. The summed E-state index contributed by atoms with van der Waals surface area (Å²) in [4.78, 5) is 17.4. The zero-order valence-corrected chi connectivity index (χ0v) is 17.1. The van der Waals surface area contributed by atoms with E-state index in [1.807, 2.05) is 37.3 Å². The van der Waals surface area contributed by atoms with Crippen molar-refractivity contribution in [3.63, 3.8) is 0 Å². The Bertz CT molecular complexity index is 1420. The summed E-state index contributed by atoms with van der Waals surface area (Å²) in [5, 5.41) is 11.0. The lowest BCUT2D eigenvalue weighted by molar-refractivity contribution is -0.116. The normalized spacial score (nSPS) is 16.0. The summed E-state index contributed by atoms with van der Waals surface area (Å²) in [7, 11) is 0. The maximum absolute atomic E-state index is 12.7. The van der Waals surface area contributed by atoms with Gasteiger partial charge in [0.15, 0.2) is 0 Å². The summed E-state index contributed by atoms with van der Waals surface area (Å²) >= 11 is 1.57. The number of hydrogen-bond acceptors (Lipinski definition) is 4. The van der Waals surface area contributed by atoms with Crippen molar-refractivity contribution < 1.29 is 4.79 Å². The zero-order valence-electron chi connectivity index (χ0n) is 16.3. The predicted octanol–water partition coefficient (Wildman–Crippen LogP) is 5.42. The molecule has 1 unspecified atom stereocenters. The van der Waals surface area contributed by atoms with Crippen molar-refractivity contribution in [3.05, 3.63) is 83.6 Å². The molecule has 0 bridgehead atoms. The van der Waals surface area contributed by atoms with E-state index in [2.05, 4.69) is 41.7 Å². The Labute approximate surface area is 177 Å². The summed E-state index contributed by atoms with van der Waals surface area (Å²) in [6.07, 6.45) is 0.414. The van der Waals surface area contributed by atoms with E-state index in [0.717, 1.165) is 38.0 Å². The van der Waals surface area contributed by atoms with Crippen LogP contribution in [-0.2, 0) is 4.79 Å². The number of aryl methyl sites for hydroxylation is 1. The molecule has 0 spiro atoms. The molecular formula is C24H18N4OS. The van der Waals surface area contributed by atoms with Crippen molar-refractivity contribution in [3.8, 4) is 5.13 Å². The van der Waals surface area contributed by atoms with Gasteiger partial charge in [0, 0.05) is 17.9 Å². The number of thiazole rings is 1. The van der Waals surface area contributed by atoms with Gasteiger partial charge in [-0.1, -0.05) is 65.9 Å². The lowest BCUT2D eigenvalue weighted by atomic mass is 9.85. The first-order valence-corrected chi connectivity index (χ1v) is 10.7. The minimum Gasteiger partial charge on any atom is -0.310 e. The van der Waals surface area contributed by atoms with E-state index < -0.39 is 0 Å². The van der Waals surface area contributed by atoms with Gasteiger partial charge in [-0.15, -0.1) is 0 Å². The predicted molar refractivity (Wildman–Crippen MR) is 121 cm³/mol. The zero-order chi connectivity index (χ0) is 20.2. The molecule has 6 heteroatoms. The molecule has 30 heavy (non-hydrogen) atoms. The molecule has 0 radical (unpaired) electrons. The molecule has 0 aliphatic carbocycles. The molecule has 1 atom stereocenters. The third kappa shape index (κ3) is 2.64. The van der Waals surface area contributed by atoms with Gasteiger partial charge >= 0.3 is 0 Å². The van der Waals surface area contributed by atoms with Gasteiger partial charge in [0.1, 0.15) is 5.82 Å². The summed E-state index contributed by atoms with van der Waals surface area (Å²) in [6.45, 7) is 2.01. The maximum Gasteiger partial charge on any atom is 0.226 e. The van der Waals surface area contributed by atoms with Gasteiger partial charge in [-0.2, -0.15) is 9.78 Å². The fourth-order valence-electron chi connectivity index (χ4n) is 4.35. The number of anilines is 1. The van der Waals surface area contributed by atoms with Crippen molar-refractivity contribution in [2.24, 2.45) is 0 Å². The van der Waals surface area contributed by atoms with Crippen molar-refractivity contribution in [2.75, 3.05) is 5.32 Å². The van der Waals surface area contributed by atoms with Crippen LogP contribution in [0.1, 0.15) is 29.2 Å². The number of aromatic nitrogens is 3. The molecule has 0 fully saturated rings. The van der Waals surface area contributed by atoms with Crippen LogP contribution in [0.4, 0.5) is 5.82 Å². The topological polar surface area (TPSA) is 59.8 Å². The minimum absolute atomic E-state index is 0.00270. The van der Waals surface area contributed by atoms with Crippen LogP contribution < -0.4 is 5.32 Å². The van der Waals surface area contributed by atoms with Crippen LogP contribution in [0.25, 0.3) is 26.1 Å². The largest absolute Gasteiger partial charge is 0.310 e. The Morgan fingerprint density at radius 2 is 1.83 bits per heavy atom. The van der Waals surface area contributed by atoms with E-state index in [4.69, 9.17) is 10.1 Å². The number of carbonyl (C=O) groups is 1. The maximum atomic E-state index is 12.7. The molecule has 1 aliphatic rings. The van der Waals surface area contributed by atoms with Crippen molar-refractivity contribution >= 4 is 44.1 Å². The van der Waals surface area contributed by atoms with E-state index in [9.17, 15) is 4.79 Å². The quantitative estimate of drug-likeness (QED) is 0.423. The molecule has 1 amide bonds. The molecule has 5 aromatic rings. The number of benzene rings is 3. The average Bonchev–Trinajstić information content (AvgIpc) is 3.34. The van der Waals surface area contributed by atoms with Crippen LogP contribution in [0.2, 0.25) is 0 Å². The molecular weight excluding hydrogens is 392 g/mol. The number of carbonyl (C=O) groups excluding carboxylic acids is 1. The Hall–Kier alpha value is -3.51. The molecule has 1 N–H and O–H groups in total. The van der Waals surface area contributed by atoms with E-state index in [1.54, 1.807) is 16.0 Å². The number of hydrogen-bond donors (Lipinski definition) is 1. The number of nitrogens with one attached hydrogen (secondary N) is 1. The second-order valence-corrected chi connectivity index (χ2v) is 8.64. The fourth-order valence-corrected chi connectivity index (χ4v) is 5.27. The standard InChI is InChI=1S/C24H18N4OS/c1-14-22-18(17-11-10-15-6-2-3-7-16(15)12-17)13-21(29)26-23(22)28(27-14)24-25-19-8-4-5-9-20(19)30-24/h2-12,18H,13H2,1H3,(H,26,29). The molecule has 2 aromatic heterocycles. The van der Waals surface area contributed by atoms with E-state index >= 15 is 0 Å². The molecule has 3 aromatic carbocycles. The Morgan fingerprint density at radius 1 is 1.03 bits per heavy atom. The van der Waals surface area contributed by atoms with E-state index in [0.29, 0.717) is 6.42 Å². The van der Waals surface area contributed by atoms with Crippen LogP contribution in [0, 0.1) is 6.92 Å². The highest BCUT2D eigenvalue weighted by molar-refractivity contribution is 7.20. The lowest BCUT2D eigenvalue weighted by Gasteiger charge is -2.24. The Balaban J connectivity index is 1.52. The fraction of sp³-hybridized carbons (Fsp3) is 0.125. The first kappa shape index (κ1) is 17.4. The highest BCUT2D eigenvalue weighted by Gasteiger charge is 2.33. The number of nitrogens with zero attached hydrogens (tertiary/aromatic N) is 3. The van der Waals surface area contributed by atoms with Gasteiger partial charge in [-0.05, 0) is 35.4 Å². The summed E-state index contributed by atoms with van der Waals surface area (Å²) in [6, 6.07) is 22.8. The van der Waals surface area contributed by atoms with Gasteiger partial charge in [0.05, 0.1) is 15.9 Å². The molecule has 146 valence electrons. The third-order valence-corrected chi connectivity index (χ3v) is 6.75. The SMILES string of the molecule is Cc1nn(-c2nc3ccccc3s2)c2c1C(c1ccc3ccccc3c1)CC(=O)N2. The summed E-state index contributed by atoms with van der Waals surface area (Å²) < 4.78 is 2.89. The van der Waals surface area contributed by atoms with Gasteiger partial charge < -0.3 is 5.32 Å². The minimum atomic E-state index is -0.0264. The molecule has 6 rings (SSSR count). The van der Waals surface area contributed by atoms with Crippen LogP contribution in [-0.4, -0.2) is 20.7 Å². The van der Waals surface area contributed by atoms with Crippen LogP contribution in [0.3, 0.4) is 0 Å². The van der Waals surface area contributed by atoms with Gasteiger partial charge in [0.25, 0.3) is 0 Å².